The predicted molar refractivity (Wildman–Crippen MR) is 90.7 cm³/mol. The van der Waals surface area contributed by atoms with E-state index in [0.29, 0.717) is 19.0 Å². The predicted octanol–water partition coefficient (Wildman–Crippen LogP) is 2.21. The summed E-state index contributed by atoms with van der Waals surface area (Å²) in [4.78, 5) is 2.00. The second-order valence-electron chi connectivity index (χ2n) is 6.80. The van der Waals surface area contributed by atoms with Gasteiger partial charge in [0.2, 0.25) is 0 Å². The van der Waals surface area contributed by atoms with Gasteiger partial charge in [-0.2, -0.15) is 23.4 Å². The molecule has 0 bridgehead atoms. The first-order chi connectivity index (χ1) is 12.7. The van der Waals surface area contributed by atoms with E-state index >= 15 is 0 Å². The lowest BCUT2D eigenvalue weighted by atomic mass is 9.88. The molecule has 1 aliphatic heterocycles. The Balaban J connectivity index is 1.81. The topological polar surface area (TPSA) is 89.7 Å². The molecule has 6 nitrogen and oxygen atoms in total. The lowest BCUT2D eigenvalue weighted by Gasteiger charge is -2.36. The van der Waals surface area contributed by atoms with Gasteiger partial charge in [0, 0.05) is 24.6 Å². The third-order valence-corrected chi connectivity index (χ3v) is 4.82. The minimum atomic E-state index is -4.55. The summed E-state index contributed by atoms with van der Waals surface area (Å²) in [5, 5.41) is 38.4. The molecule has 3 rings (SSSR count). The second kappa shape index (κ2) is 7.41. The molecule has 2 aromatic rings. The molecular weight excluding hydrogens is 363 g/mol. The van der Waals surface area contributed by atoms with E-state index in [9.17, 15) is 28.5 Å². The van der Waals surface area contributed by atoms with Crippen molar-refractivity contribution in [1.29, 1.82) is 0 Å². The number of hydrogen-bond donors (Lipinski definition) is 3. The largest absolute Gasteiger partial charge is 0.507 e. The minimum Gasteiger partial charge on any atom is -0.507 e. The van der Waals surface area contributed by atoms with Crippen molar-refractivity contribution in [2.75, 3.05) is 20.1 Å². The van der Waals surface area contributed by atoms with Crippen LogP contribution in [-0.2, 0) is 6.18 Å². The van der Waals surface area contributed by atoms with Gasteiger partial charge in [0.1, 0.15) is 11.9 Å². The number of halogens is 3. The molecule has 146 valence electrons. The highest BCUT2D eigenvalue weighted by Gasteiger charge is 2.34. The molecule has 1 saturated heterocycles. The van der Waals surface area contributed by atoms with Crippen LogP contribution in [0.1, 0.15) is 23.8 Å². The van der Waals surface area contributed by atoms with Crippen LogP contribution in [0.4, 0.5) is 13.2 Å². The monoisotopic (exact) mass is 383 g/mol. The first-order valence-corrected chi connectivity index (χ1v) is 8.45. The van der Waals surface area contributed by atoms with Gasteiger partial charge in [0.05, 0.1) is 23.1 Å². The van der Waals surface area contributed by atoms with Crippen LogP contribution in [-0.4, -0.2) is 56.7 Å². The van der Waals surface area contributed by atoms with Crippen molar-refractivity contribution in [2.24, 2.45) is 5.92 Å². The van der Waals surface area contributed by atoms with Gasteiger partial charge in [0.15, 0.2) is 0 Å². The number of piperidine rings is 1. The summed E-state index contributed by atoms with van der Waals surface area (Å²) in [6.45, 7) is 1.24. The normalized spacial score (nSPS) is 22.6. The lowest BCUT2D eigenvalue weighted by Crippen LogP contribution is -2.44. The minimum absolute atomic E-state index is 0.106. The molecule has 1 aromatic carbocycles. The average Bonchev–Trinajstić information content (AvgIpc) is 2.62. The van der Waals surface area contributed by atoms with Gasteiger partial charge in [-0.05, 0) is 43.8 Å². The highest BCUT2D eigenvalue weighted by molar-refractivity contribution is 5.67. The van der Waals surface area contributed by atoms with Crippen LogP contribution in [0.5, 0.6) is 5.75 Å². The van der Waals surface area contributed by atoms with E-state index in [2.05, 4.69) is 10.2 Å². The molecule has 1 aromatic heterocycles. The highest BCUT2D eigenvalue weighted by Crippen LogP contribution is 2.36. The molecular formula is C18H20F3N3O3. The number of hydrogen-bond acceptors (Lipinski definition) is 6. The van der Waals surface area contributed by atoms with E-state index in [1.807, 2.05) is 11.9 Å². The van der Waals surface area contributed by atoms with Crippen LogP contribution in [0.3, 0.4) is 0 Å². The molecule has 27 heavy (non-hydrogen) atoms. The number of aromatic hydroxyl groups is 1. The first-order valence-electron chi connectivity index (χ1n) is 8.45. The second-order valence-corrected chi connectivity index (χ2v) is 6.80. The van der Waals surface area contributed by atoms with Crippen molar-refractivity contribution in [3.05, 3.63) is 41.6 Å². The Kier molecular flexibility index (Phi) is 5.36. The third-order valence-electron chi connectivity index (χ3n) is 4.82. The van der Waals surface area contributed by atoms with Gasteiger partial charge < -0.3 is 20.2 Å². The van der Waals surface area contributed by atoms with Crippen LogP contribution in [0.2, 0.25) is 0 Å². The summed E-state index contributed by atoms with van der Waals surface area (Å²) < 4.78 is 38.1. The average molecular weight is 383 g/mol. The smallest absolute Gasteiger partial charge is 0.416 e. The fourth-order valence-electron chi connectivity index (χ4n) is 3.24. The number of phenolic OH excluding ortho intramolecular Hbond substituents is 1. The molecule has 2 heterocycles. The van der Waals surface area contributed by atoms with E-state index in [1.165, 1.54) is 12.1 Å². The molecule has 0 spiro atoms. The Morgan fingerprint density at radius 1 is 1.19 bits per heavy atom. The van der Waals surface area contributed by atoms with E-state index in [4.69, 9.17) is 0 Å². The molecule has 3 unspecified atom stereocenters. The number of aromatic nitrogens is 2. The van der Waals surface area contributed by atoms with Crippen molar-refractivity contribution in [2.45, 2.75) is 24.8 Å². The van der Waals surface area contributed by atoms with Crippen molar-refractivity contribution in [3.8, 4) is 17.0 Å². The molecule has 0 saturated carbocycles. The van der Waals surface area contributed by atoms with Crippen molar-refractivity contribution < 1.29 is 28.5 Å². The third kappa shape index (κ3) is 4.20. The van der Waals surface area contributed by atoms with Crippen LogP contribution < -0.4 is 0 Å². The lowest BCUT2D eigenvalue weighted by molar-refractivity contribution is -0.137. The Hall–Kier alpha value is -2.23. The summed E-state index contributed by atoms with van der Waals surface area (Å²) in [5.74, 6) is -0.972. The Bertz CT molecular complexity index is 799. The van der Waals surface area contributed by atoms with Gasteiger partial charge in [-0.1, -0.05) is 0 Å². The van der Waals surface area contributed by atoms with Crippen molar-refractivity contribution >= 4 is 0 Å². The number of alkyl halides is 3. The van der Waals surface area contributed by atoms with E-state index in [1.54, 1.807) is 0 Å². The molecule has 9 heteroatoms. The molecule has 1 fully saturated rings. The zero-order valence-electron chi connectivity index (χ0n) is 14.6. The van der Waals surface area contributed by atoms with E-state index < -0.39 is 35.6 Å². The highest BCUT2D eigenvalue weighted by atomic mass is 19.4. The van der Waals surface area contributed by atoms with Crippen molar-refractivity contribution in [3.63, 3.8) is 0 Å². The number of aliphatic hydroxyl groups is 2. The van der Waals surface area contributed by atoms with Crippen LogP contribution in [0.15, 0.2) is 30.3 Å². The molecule has 1 aliphatic rings. The van der Waals surface area contributed by atoms with Crippen molar-refractivity contribution in [1.82, 2.24) is 15.1 Å². The number of benzene rings is 1. The Labute approximate surface area is 153 Å². The number of likely N-dealkylation sites (tertiary alicyclic amines) is 1. The van der Waals surface area contributed by atoms with E-state index in [0.717, 1.165) is 18.7 Å². The van der Waals surface area contributed by atoms with Gasteiger partial charge >= 0.3 is 6.18 Å². The van der Waals surface area contributed by atoms with Gasteiger partial charge in [-0.15, -0.1) is 0 Å². The van der Waals surface area contributed by atoms with Gasteiger partial charge in [-0.3, -0.25) is 0 Å². The zero-order chi connectivity index (χ0) is 19.8. The van der Waals surface area contributed by atoms with Gasteiger partial charge in [-0.25, -0.2) is 0 Å². The first kappa shape index (κ1) is 19.5. The molecule has 3 atom stereocenters. The summed E-state index contributed by atoms with van der Waals surface area (Å²) in [7, 11) is 1.90. The maximum Gasteiger partial charge on any atom is 0.416 e. The zero-order valence-corrected chi connectivity index (χ0v) is 14.6. The summed E-state index contributed by atoms with van der Waals surface area (Å²) >= 11 is 0. The maximum absolute atomic E-state index is 12.7. The number of aliphatic hydroxyl groups excluding tert-OH is 2. The Morgan fingerprint density at radius 2 is 1.93 bits per heavy atom. The maximum atomic E-state index is 12.7. The fourth-order valence-corrected chi connectivity index (χ4v) is 3.24. The number of phenols is 1. The standard InChI is InChI=1S/C18H20F3N3O3/c1-24-7-6-15(25)12(9-24)17(27)14-5-4-13(22-23-14)11-3-2-10(8-16(11)26)18(19,20)21/h2-5,8,12,15,17,25-27H,6-7,9H2,1H3. The Morgan fingerprint density at radius 3 is 2.52 bits per heavy atom. The molecule has 0 amide bonds. The van der Waals surface area contributed by atoms with E-state index in [-0.39, 0.29) is 17.0 Å². The molecule has 3 N–H and O–H groups in total. The quantitative estimate of drug-likeness (QED) is 0.753. The van der Waals surface area contributed by atoms with Gasteiger partial charge in [0.25, 0.3) is 0 Å². The van der Waals surface area contributed by atoms with Crippen LogP contribution >= 0.6 is 0 Å². The summed E-state index contributed by atoms with van der Waals surface area (Å²) in [6, 6.07) is 5.57. The molecule has 0 aliphatic carbocycles. The molecule has 0 radical (unpaired) electrons. The number of rotatable bonds is 3. The fraction of sp³-hybridized carbons (Fsp3) is 0.444. The summed E-state index contributed by atoms with van der Waals surface area (Å²) in [6.07, 6.45) is -5.69. The SMILES string of the molecule is CN1CCC(O)C(C(O)c2ccc(-c3ccc(C(F)(F)F)cc3O)nn2)C1. The van der Waals surface area contributed by atoms with Crippen LogP contribution in [0, 0.1) is 5.92 Å². The summed E-state index contributed by atoms with van der Waals surface area (Å²) in [5.41, 5.74) is -0.420. The van der Waals surface area contributed by atoms with Crippen LogP contribution in [0.25, 0.3) is 11.3 Å². The number of nitrogens with zero attached hydrogens (tertiary/aromatic N) is 3.